The lowest BCUT2D eigenvalue weighted by Crippen LogP contribution is -2.36. The number of carbonyl (C=O) groups excluding carboxylic acids is 2. The first kappa shape index (κ1) is 17.3. The number of morpholine rings is 1. The highest BCUT2D eigenvalue weighted by molar-refractivity contribution is 6.49. The van der Waals surface area contributed by atoms with Gasteiger partial charge in [-0.15, -0.1) is 0 Å². The Bertz CT molecular complexity index is 1070. The third kappa shape index (κ3) is 2.88. The summed E-state index contributed by atoms with van der Waals surface area (Å²) in [6.45, 7) is 11.0. The first-order valence-corrected chi connectivity index (χ1v) is 8.84. The summed E-state index contributed by atoms with van der Waals surface area (Å²) in [5.74, 6) is -0.787. The number of amides is 2. The Balaban J connectivity index is 1.87. The van der Waals surface area contributed by atoms with Gasteiger partial charge in [0.2, 0.25) is 0 Å². The number of aryl methyl sites for hydroxylation is 1. The SMILES string of the molecule is C=c1c(C2=C(c3cccc(N4CCOCC4)c3)C(=O)NC2=O)cn(C)c1=C. The zero-order valence-electron chi connectivity index (χ0n) is 15.2. The maximum atomic E-state index is 12.6. The van der Waals surface area contributed by atoms with E-state index in [9.17, 15) is 9.59 Å². The molecule has 0 aliphatic carbocycles. The predicted molar refractivity (Wildman–Crippen MR) is 105 cm³/mol. The lowest BCUT2D eigenvalue weighted by Gasteiger charge is -2.29. The Kier molecular flexibility index (Phi) is 4.20. The molecule has 2 aliphatic heterocycles. The van der Waals surface area contributed by atoms with Gasteiger partial charge in [0.05, 0.1) is 24.4 Å². The van der Waals surface area contributed by atoms with Crippen LogP contribution in [0.4, 0.5) is 5.69 Å². The van der Waals surface area contributed by atoms with Crippen LogP contribution in [0.5, 0.6) is 0 Å². The number of nitrogens with one attached hydrogen (secondary N) is 1. The molecule has 27 heavy (non-hydrogen) atoms. The number of imide groups is 1. The average molecular weight is 363 g/mol. The van der Waals surface area contributed by atoms with Crippen LogP contribution in [0, 0.1) is 0 Å². The van der Waals surface area contributed by atoms with Crippen molar-refractivity contribution in [1.82, 2.24) is 9.88 Å². The molecule has 2 aliphatic rings. The maximum absolute atomic E-state index is 12.6. The molecule has 0 unspecified atom stereocenters. The van der Waals surface area contributed by atoms with Crippen molar-refractivity contribution < 1.29 is 14.3 Å². The largest absolute Gasteiger partial charge is 0.378 e. The van der Waals surface area contributed by atoms with E-state index in [1.807, 2.05) is 35.9 Å². The molecular formula is C21H21N3O3. The molecule has 6 nitrogen and oxygen atoms in total. The van der Waals surface area contributed by atoms with Crippen LogP contribution in [-0.4, -0.2) is 42.7 Å². The van der Waals surface area contributed by atoms with Crippen LogP contribution in [-0.2, 0) is 21.4 Å². The first-order valence-electron chi connectivity index (χ1n) is 8.84. The molecule has 1 N–H and O–H groups in total. The van der Waals surface area contributed by atoms with Gasteiger partial charge in [-0.25, -0.2) is 0 Å². The van der Waals surface area contributed by atoms with Gasteiger partial charge in [-0.2, -0.15) is 0 Å². The van der Waals surface area contributed by atoms with Crippen molar-refractivity contribution >= 4 is 41.8 Å². The van der Waals surface area contributed by atoms with Crippen LogP contribution in [0.1, 0.15) is 11.1 Å². The molecule has 0 radical (unpaired) electrons. The van der Waals surface area contributed by atoms with E-state index in [4.69, 9.17) is 4.74 Å². The molecule has 1 aromatic carbocycles. The molecule has 1 fully saturated rings. The number of nitrogens with zero attached hydrogens (tertiary/aromatic N) is 2. The Morgan fingerprint density at radius 2 is 1.78 bits per heavy atom. The van der Waals surface area contributed by atoms with Gasteiger partial charge >= 0.3 is 0 Å². The summed E-state index contributed by atoms with van der Waals surface area (Å²) in [5.41, 5.74) is 3.10. The number of rotatable bonds is 3. The second-order valence-electron chi connectivity index (χ2n) is 6.76. The fourth-order valence-corrected chi connectivity index (χ4v) is 3.60. The number of hydrogen-bond acceptors (Lipinski definition) is 4. The zero-order chi connectivity index (χ0) is 19.1. The van der Waals surface area contributed by atoms with Gasteiger partial charge in [-0.05, 0) is 22.9 Å². The van der Waals surface area contributed by atoms with Crippen LogP contribution < -0.4 is 20.8 Å². The van der Waals surface area contributed by atoms with Crippen molar-refractivity contribution in [3.63, 3.8) is 0 Å². The van der Waals surface area contributed by atoms with E-state index in [0.717, 1.165) is 18.8 Å². The Morgan fingerprint density at radius 3 is 2.44 bits per heavy atom. The van der Waals surface area contributed by atoms with Crippen molar-refractivity contribution in [2.75, 3.05) is 31.2 Å². The van der Waals surface area contributed by atoms with Crippen molar-refractivity contribution in [3.8, 4) is 0 Å². The van der Waals surface area contributed by atoms with Crippen LogP contribution in [0.2, 0.25) is 0 Å². The smallest absolute Gasteiger partial charge is 0.259 e. The van der Waals surface area contributed by atoms with Crippen molar-refractivity contribution in [3.05, 3.63) is 52.2 Å². The highest BCUT2D eigenvalue weighted by Gasteiger charge is 2.33. The lowest BCUT2D eigenvalue weighted by atomic mass is 9.96. The number of hydrogen-bond donors (Lipinski definition) is 1. The summed E-state index contributed by atoms with van der Waals surface area (Å²) in [5, 5.41) is 3.79. The molecule has 1 saturated heterocycles. The van der Waals surface area contributed by atoms with E-state index in [0.29, 0.717) is 46.1 Å². The molecule has 0 saturated carbocycles. The molecule has 138 valence electrons. The predicted octanol–water partition coefficient (Wildman–Crippen LogP) is 0.250. The van der Waals surface area contributed by atoms with Crippen molar-refractivity contribution in [1.29, 1.82) is 0 Å². The van der Waals surface area contributed by atoms with E-state index >= 15 is 0 Å². The minimum atomic E-state index is -0.401. The van der Waals surface area contributed by atoms with Gasteiger partial charge in [0.25, 0.3) is 11.8 Å². The fraction of sp³-hybridized carbons (Fsp3) is 0.238. The van der Waals surface area contributed by atoms with Crippen molar-refractivity contribution in [2.24, 2.45) is 7.05 Å². The molecule has 1 aromatic heterocycles. The van der Waals surface area contributed by atoms with Gasteiger partial charge in [0.15, 0.2) is 0 Å². The Labute approximate surface area is 157 Å². The number of anilines is 1. The Hall–Kier alpha value is -3.12. The van der Waals surface area contributed by atoms with Crippen LogP contribution in [0.3, 0.4) is 0 Å². The average Bonchev–Trinajstić information content (AvgIpc) is 3.11. The maximum Gasteiger partial charge on any atom is 0.259 e. The van der Waals surface area contributed by atoms with E-state index in [1.54, 1.807) is 6.20 Å². The van der Waals surface area contributed by atoms with Crippen molar-refractivity contribution in [2.45, 2.75) is 0 Å². The molecule has 4 rings (SSSR count). The molecule has 2 amide bonds. The van der Waals surface area contributed by atoms with Crippen LogP contribution >= 0.6 is 0 Å². The highest BCUT2D eigenvalue weighted by Crippen LogP contribution is 2.31. The topological polar surface area (TPSA) is 63.6 Å². The molecule has 3 heterocycles. The molecule has 0 atom stereocenters. The minimum absolute atomic E-state index is 0.356. The summed E-state index contributed by atoms with van der Waals surface area (Å²) in [6, 6.07) is 7.72. The van der Waals surface area contributed by atoms with Gasteiger partial charge < -0.3 is 14.2 Å². The van der Waals surface area contributed by atoms with Gasteiger partial charge in [-0.3, -0.25) is 14.9 Å². The summed E-state index contributed by atoms with van der Waals surface area (Å²) in [6.07, 6.45) is 1.80. The van der Waals surface area contributed by atoms with Gasteiger partial charge in [0.1, 0.15) is 0 Å². The second kappa shape index (κ2) is 6.55. The number of carbonyl (C=O) groups is 2. The Morgan fingerprint density at radius 1 is 1.07 bits per heavy atom. The summed E-state index contributed by atoms with van der Waals surface area (Å²) in [7, 11) is 1.84. The van der Waals surface area contributed by atoms with Crippen LogP contribution in [0.25, 0.3) is 24.3 Å². The third-order valence-electron chi connectivity index (χ3n) is 5.13. The summed E-state index contributed by atoms with van der Waals surface area (Å²) in [4.78, 5) is 27.4. The fourth-order valence-electron chi connectivity index (χ4n) is 3.60. The number of ether oxygens (including phenoxy) is 1. The molecule has 0 bridgehead atoms. The number of aromatic nitrogens is 1. The molecule has 0 spiro atoms. The zero-order valence-corrected chi connectivity index (χ0v) is 15.2. The van der Waals surface area contributed by atoms with Gasteiger partial charge in [0, 0.05) is 42.9 Å². The third-order valence-corrected chi connectivity index (χ3v) is 5.13. The van der Waals surface area contributed by atoms with Gasteiger partial charge in [-0.1, -0.05) is 25.3 Å². The number of benzene rings is 1. The monoisotopic (exact) mass is 363 g/mol. The molecule has 6 heteroatoms. The second-order valence-corrected chi connectivity index (χ2v) is 6.76. The normalized spacial score (nSPS) is 17.6. The van der Waals surface area contributed by atoms with E-state index in [2.05, 4.69) is 23.4 Å². The summed E-state index contributed by atoms with van der Waals surface area (Å²) < 4.78 is 7.22. The lowest BCUT2D eigenvalue weighted by molar-refractivity contribution is -0.122. The van der Waals surface area contributed by atoms with E-state index in [1.165, 1.54) is 0 Å². The quantitative estimate of drug-likeness (QED) is 0.794. The first-order chi connectivity index (χ1) is 13.0. The summed E-state index contributed by atoms with van der Waals surface area (Å²) >= 11 is 0. The molecular weight excluding hydrogens is 342 g/mol. The highest BCUT2D eigenvalue weighted by atomic mass is 16.5. The van der Waals surface area contributed by atoms with E-state index < -0.39 is 5.91 Å². The van der Waals surface area contributed by atoms with Crippen LogP contribution in [0.15, 0.2) is 30.5 Å². The molecule has 2 aromatic rings. The standard InChI is InChI=1S/C21H21N3O3/c1-13-14(2)23(3)12-17(13)19-18(20(25)22-21(19)26)15-5-4-6-16(11-15)24-7-9-27-10-8-24/h4-6,11-12H,1-2,7-10H2,3H3,(H,22,25,26). The minimum Gasteiger partial charge on any atom is -0.378 e. The van der Waals surface area contributed by atoms with E-state index in [-0.39, 0.29) is 5.91 Å².